The smallest absolute Gasteiger partial charge is 0.0874 e. The summed E-state index contributed by atoms with van der Waals surface area (Å²) < 4.78 is -0.750. The lowest BCUT2D eigenvalue weighted by molar-refractivity contribution is 1.96. The molecule has 0 saturated heterocycles. The molecular formula is CH2Cl3+. The molecule has 0 spiro atoms. The molecule has 0 aromatic rings. The Morgan fingerprint density at radius 2 is 1.25 bits per heavy atom. The number of halogens is 3. The van der Waals surface area contributed by atoms with Crippen LogP contribution in [0.25, 0.3) is 0 Å². The molecule has 0 N–H and O–H groups in total. The molecule has 26 valence electrons. The van der Waals surface area contributed by atoms with Gasteiger partial charge in [0.1, 0.15) is 0 Å². The van der Waals surface area contributed by atoms with Crippen LogP contribution in [0, 0.1) is 0 Å². The summed E-state index contributed by atoms with van der Waals surface area (Å²) in [5.41, 5.74) is 0. The minimum absolute atomic E-state index is 0. The Kier molecular flexibility index (Phi) is 2.59. The van der Waals surface area contributed by atoms with E-state index in [0.29, 0.717) is 0 Å². The highest BCUT2D eigenvalue weighted by Crippen LogP contribution is 2.03. The van der Waals surface area contributed by atoms with Crippen molar-refractivity contribution in [3.8, 4) is 0 Å². The quantitative estimate of drug-likeness (QED) is 0.431. The van der Waals surface area contributed by atoms with E-state index in [-0.39, 0.29) is 1.43 Å². The minimum Gasteiger partial charge on any atom is -0.0874 e. The second-order valence-corrected chi connectivity index (χ2v) is 2.23. The average molecular weight is 121 g/mol. The Hall–Kier alpha value is 0.870. The molecule has 0 aliphatic rings. The van der Waals surface area contributed by atoms with Crippen LogP contribution in [0.1, 0.15) is 1.43 Å². The molecule has 0 heterocycles. The molecule has 0 fully saturated rings. The van der Waals surface area contributed by atoms with Gasteiger partial charge in [-0.3, -0.25) is 0 Å². The number of alkyl halides is 3. The number of hydrogen-bond donors (Lipinski definition) is 0. The molecule has 0 bridgehead atoms. The van der Waals surface area contributed by atoms with E-state index in [2.05, 4.69) is 0 Å². The van der Waals surface area contributed by atoms with Gasteiger partial charge in [-0.1, -0.05) is 34.8 Å². The van der Waals surface area contributed by atoms with E-state index in [1.54, 1.807) is 0 Å². The molecule has 0 nitrogen and oxygen atoms in total. The van der Waals surface area contributed by atoms with Crippen molar-refractivity contribution < 1.29 is 1.43 Å². The van der Waals surface area contributed by atoms with E-state index in [9.17, 15) is 0 Å². The maximum atomic E-state index is 4.81. The summed E-state index contributed by atoms with van der Waals surface area (Å²) in [4.78, 5) is 0. The van der Waals surface area contributed by atoms with E-state index < -0.39 is 4.30 Å². The maximum Gasteiger partial charge on any atom is 1.00 e. The van der Waals surface area contributed by atoms with Crippen LogP contribution in [0.2, 0.25) is 0 Å². The van der Waals surface area contributed by atoms with Crippen molar-refractivity contribution in [1.82, 2.24) is 0 Å². The summed E-state index contributed by atoms with van der Waals surface area (Å²) in [6.07, 6.45) is 0. The topological polar surface area (TPSA) is 0 Å². The van der Waals surface area contributed by atoms with Gasteiger partial charge < -0.3 is 0 Å². The van der Waals surface area contributed by atoms with Crippen LogP contribution in [0.4, 0.5) is 0 Å². The van der Waals surface area contributed by atoms with Crippen molar-refractivity contribution >= 4 is 34.8 Å². The van der Waals surface area contributed by atoms with Gasteiger partial charge in [0.15, 0.2) is 4.30 Å². The number of hydrogen-bond acceptors (Lipinski definition) is 0. The van der Waals surface area contributed by atoms with Crippen molar-refractivity contribution in [2.75, 3.05) is 0 Å². The molecule has 0 saturated carbocycles. The molecule has 3 heteroatoms. The van der Waals surface area contributed by atoms with E-state index >= 15 is 0 Å². The Balaban J connectivity index is 0. The van der Waals surface area contributed by atoms with Crippen molar-refractivity contribution in [2.45, 2.75) is 4.30 Å². The first-order chi connectivity index (χ1) is 1.73. The van der Waals surface area contributed by atoms with Gasteiger partial charge in [-0.15, -0.1) is 0 Å². The van der Waals surface area contributed by atoms with Crippen LogP contribution < -0.4 is 0 Å². The van der Waals surface area contributed by atoms with Gasteiger partial charge in [0, 0.05) is 0 Å². The fraction of sp³-hybridized carbons (Fsp3) is 1.00. The van der Waals surface area contributed by atoms with Crippen LogP contribution in [-0.4, -0.2) is 4.30 Å². The second-order valence-electron chi connectivity index (χ2n) is 0.247. The van der Waals surface area contributed by atoms with Crippen LogP contribution in [0.3, 0.4) is 0 Å². The minimum atomic E-state index is -0.750. The van der Waals surface area contributed by atoms with Crippen molar-refractivity contribution in [3.63, 3.8) is 0 Å². The molecule has 0 atom stereocenters. The van der Waals surface area contributed by atoms with E-state index in [1.807, 2.05) is 0 Å². The molecular weight excluding hydrogens is 118 g/mol. The first kappa shape index (κ1) is 4.87. The SMILES string of the molecule is ClC(Cl)Cl.[2H+]. The maximum absolute atomic E-state index is 4.81. The summed E-state index contributed by atoms with van der Waals surface area (Å²) in [5, 5.41) is 0. The highest BCUT2D eigenvalue weighted by Gasteiger charge is 1.78. The first-order valence-electron chi connectivity index (χ1n) is 0.655. The van der Waals surface area contributed by atoms with Gasteiger partial charge in [-0.2, -0.15) is 0 Å². The third kappa shape index (κ3) is 13.3. The second kappa shape index (κ2) is 2.13. The lowest BCUT2D eigenvalue weighted by Crippen LogP contribution is -1.55. The summed E-state index contributed by atoms with van der Waals surface area (Å²) in [5.74, 6) is 0. The Morgan fingerprint density at radius 3 is 1.25 bits per heavy atom. The standard InChI is InChI=1S/CHCl3/c2-1(3)4/h1H/p+1/i/hD. The summed E-state index contributed by atoms with van der Waals surface area (Å²) in [6, 6.07) is 0. The summed E-state index contributed by atoms with van der Waals surface area (Å²) in [6.45, 7) is 0. The van der Waals surface area contributed by atoms with E-state index in [0.717, 1.165) is 0 Å². The van der Waals surface area contributed by atoms with Crippen LogP contribution >= 0.6 is 34.8 Å². The van der Waals surface area contributed by atoms with Gasteiger partial charge in [0.25, 0.3) is 0 Å². The molecule has 0 aromatic carbocycles. The zero-order chi connectivity index (χ0) is 3.58. The van der Waals surface area contributed by atoms with Crippen LogP contribution in [-0.2, 0) is 0 Å². The highest BCUT2D eigenvalue weighted by atomic mass is 35.6. The third-order valence-corrected chi connectivity index (χ3v) is 0. The van der Waals surface area contributed by atoms with Crippen molar-refractivity contribution in [3.05, 3.63) is 0 Å². The van der Waals surface area contributed by atoms with Gasteiger partial charge in [-0.25, -0.2) is 0 Å². The molecule has 0 aromatic heterocycles. The van der Waals surface area contributed by atoms with Crippen molar-refractivity contribution in [1.29, 1.82) is 0 Å². The van der Waals surface area contributed by atoms with E-state index in [1.165, 1.54) is 0 Å². The fourth-order valence-corrected chi connectivity index (χ4v) is 0. The molecule has 0 aliphatic carbocycles. The molecule has 4 heavy (non-hydrogen) atoms. The highest BCUT2D eigenvalue weighted by molar-refractivity contribution is 6.63. The van der Waals surface area contributed by atoms with Crippen LogP contribution in [0.15, 0.2) is 0 Å². The predicted octanol–water partition coefficient (Wildman–Crippen LogP) is 2.10. The molecule has 0 radical (unpaired) electrons. The summed E-state index contributed by atoms with van der Waals surface area (Å²) in [7, 11) is 0. The normalized spacial score (nSPS) is 9.00. The number of rotatable bonds is 0. The fourth-order valence-electron chi connectivity index (χ4n) is 0. The summed E-state index contributed by atoms with van der Waals surface area (Å²) >= 11 is 14.4. The molecule has 0 unspecified atom stereocenters. The van der Waals surface area contributed by atoms with Gasteiger partial charge in [-0.05, 0) is 0 Å². The molecule has 0 aliphatic heterocycles. The van der Waals surface area contributed by atoms with E-state index in [4.69, 9.17) is 34.8 Å². The average Bonchev–Trinajstić information content (AvgIpc) is 0.811. The Bertz CT molecular complexity index is 11.6. The largest absolute Gasteiger partial charge is 1.00 e. The Labute approximate surface area is 41.1 Å². The zero-order valence-corrected chi connectivity index (χ0v) is 3.98. The predicted molar refractivity (Wildman–Crippen MR) is 22.5 cm³/mol. The monoisotopic (exact) mass is 120 g/mol. The molecule has 0 rings (SSSR count). The van der Waals surface area contributed by atoms with Crippen molar-refractivity contribution in [2.24, 2.45) is 0 Å². The first-order valence-corrected chi connectivity index (χ1v) is 1.96. The van der Waals surface area contributed by atoms with Gasteiger partial charge >= 0.3 is 1.43 Å². The lowest BCUT2D eigenvalue weighted by Gasteiger charge is -1.69. The van der Waals surface area contributed by atoms with Crippen LogP contribution in [0.5, 0.6) is 0 Å². The zero-order valence-electron chi connectivity index (χ0n) is 2.71. The van der Waals surface area contributed by atoms with Gasteiger partial charge in [0.2, 0.25) is 0 Å². The lowest BCUT2D eigenvalue weighted by atomic mass is 11.9. The van der Waals surface area contributed by atoms with Gasteiger partial charge in [0.05, 0.1) is 0 Å². The Morgan fingerprint density at radius 1 is 1.25 bits per heavy atom. The third-order valence-electron chi connectivity index (χ3n) is 0. The molecule has 0 amide bonds.